The van der Waals surface area contributed by atoms with Crippen molar-refractivity contribution in [2.75, 3.05) is 24.5 Å². The van der Waals surface area contributed by atoms with E-state index in [1.807, 2.05) is 35.8 Å². The first-order valence-corrected chi connectivity index (χ1v) is 10.1. The van der Waals surface area contributed by atoms with Crippen molar-refractivity contribution >= 4 is 39.0 Å². The molecular weight excluding hydrogens is 386 g/mol. The molecule has 0 spiro atoms. The molecule has 0 atom stereocenters. The summed E-state index contributed by atoms with van der Waals surface area (Å²) in [6.45, 7) is 4.85. The van der Waals surface area contributed by atoms with Gasteiger partial charge in [0.25, 0.3) is 5.91 Å². The molecule has 128 valence electrons. The minimum Gasteiger partial charge on any atom is -0.356 e. The van der Waals surface area contributed by atoms with Crippen LogP contribution >= 0.6 is 27.3 Å². The second-order valence-corrected chi connectivity index (χ2v) is 7.89. The monoisotopic (exact) mass is 407 g/mol. The first-order chi connectivity index (χ1) is 11.7. The van der Waals surface area contributed by atoms with Crippen molar-refractivity contribution in [1.82, 2.24) is 9.88 Å². The van der Waals surface area contributed by atoms with E-state index in [1.165, 1.54) is 11.3 Å². The fourth-order valence-corrected chi connectivity index (χ4v) is 4.11. The maximum Gasteiger partial charge on any atom is 0.264 e. The molecule has 1 amide bonds. The van der Waals surface area contributed by atoms with Crippen LogP contribution in [0.4, 0.5) is 5.82 Å². The van der Waals surface area contributed by atoms with Gasteiger partial charge >= 0.3 is 0 Å². The lowest BCUT2D eigenvalue weighted by Gasteiger charge is -2.39. The van der Waals surface area contributed by atoms with E-state index in [4.69, 9.17) is 0 Å². The number of hydrogen-bond acceptors (Lipinski definition) is 4. The van der Waals surface area contributed by atoms with E-state index < -0.39 is 0 Å². The summed E-state index contributed by atoms with van der Waals surface area (Å²) in [5.74, 6) is 1.20. The van der Waals surface area contributed by atoms with E-state index in [2.05, 4.69) is 37.6 Å². The van der Waals surface area contributed by atoms with Gasteiger partial charge in [-0.1, -0.05) is 13.0 Å². The van der Waals surface area contributed by atoms with Crippen LogP contribution in [-0.2, 0) is 0 Å². The summed E-state index contributed by atoms with van der Waals surface area (Å²) in [6.07, 6.45) is 4.82. The Balaban J connectivity index is 1.65. The number of anilines is 1. The van der Waals surface area contributed by atoms with E-state index >= 15 is 0 Å². The maximum absolute atomic E-state index is 12.8. The molecule has 1 saturated heterocycles. The molecule has 0 N–H and O–H groups in total. The van der Waals surface area contributed by atoms with E-state index in [0.717, 1.165) is 54.1 Å². The molecule has 4 nitrogen and oxygen atoms in total. The second kappa shape index (κ2) is 8.12. The molecule has 0 unspecified atom stereocenters. The van der Waals surface area contributed by atoms with Crippen LogP contribution in [0.15, 0.2) is 40.3 Å². The molecule has 0 radical (unpaired) electrons. The Labute approximate surface area is 155 Å². The molecule has 1 fully saturated rings. The Kier molecular flexibility index (Phi) is 5.89. The summed E-state index contributed by atoms with van der Waals surface area (Å²) in [6, 6.07) is 8.27. The number of piperidine rings is 1. The number of nitrogens with zero attached hydrogens (tertiary/aromatic N) is 3. The van der Waals surface area contributed by atoms with Gasteiger partial charge in [-0.15, -0.1) is 11.3 Å². The van der Waals surface area contributed by atoms with Crippen molar-refractivity contribution in [1.29, 1.82) is 0 Å². The number of hydrogen-bond donors (Lipinski definition) is 0. The number of aromatic nitrogens is 1. The molecule has 2 aromatic rings. The van der Waals surface area contributed by atoms with Crippen LogP contribution in [0.2, 0.25) is 0 Å². The molecule has 0 bridgehead atoms. The van der Waals surface area contributed by atoms with Crippen molar-refractivity contribution in [2.24, 2.45) is 0 Å². The van der Waals surface area contributed by atoms with Crippen molar-refractivity contribution in [3.8, 4) is 0 Å². The Hall–Kier alpha value is -1.40. The summed E-state index contributed by atoms with van der Waals surface area (Å²) in [5.41, 5.74) is 0. The van der Waals surface area contributed by atoms with Gasteiger partial charge in [-0.05, 0) is 58.8 Å². The van der Waals surface area contributed by atoms with Gasteiger partial charge in [-0.25, -0.2) is 4.98 Å². The molecule has 3 heterocycles. The van der Waals surface area contributed by atoms with Crippen LogP contribution in [0, 0.1) is 0 Å². The zero-order chi connectivity index (χ0) is 16.9. The molecule has 24 heavy (non-hydrogen) atoms. The van der Waals surface area contributed by atoms with Crippen LogP contribution in [0.25, 0.3) is 0 Å². The van der Waals surface area contributed by atoms with E-state index in [-0.39, 0.29) is 5.91 Å². The largest absolute Gasteiger partial charge is 0.356 e. The van der Waals surface area contributed by atoms with Gasteiger partial charge in [-0.3, -0.25) is 4.79 Å². The van der Waals surface area contributed by atoms with Gasteiger partial charge < -0.3 is 9.80 Å². The number of carbonyl (C=O) groups excluding carboxylic acids is 1. The molecular formula is C18H22BrN3OS. The van der Waals surface area contributed by atoms with Crippen LogP contribution in [0.5, 0.6) is 0 Å². The lowest BCUT2D eigenvalue weighted by Crippen LogP contribution is -2.47. The Morgan fingerprint density at radius 3 is 2.75 bits per heavy atom. The topological polar surface area (TPSA) is 36.4 Å². The highest BCUT2D eigenvalue weighted by atomic mass is 79.9. The van der Waals surface area contributed by atoms with Gasteiger partial charge in [0.2, 0.25) is 0 Å². The fourth-order valence-electron chi connectivity index (χ4n) is 3.19. The van der Waals surface area contributed by atoms with Gasteiger partial charge in [-0.2, -0.15) is 0 Å². The highest BCUT2D eigenvalue weighted by Crippen LogP contribution is 2.24. The number of halogens is 1. The molecule has 6 heteroatoms. The zero-order valence-electron chi connectivity index (χ0n) is 13.8. The van der Waals surface area contributed by atoms with E-state index in [1.54, 1.807) is 0 Å². The molecule has 1 aliphatic heterocycles. The predicted molar refractivity (Wildman–Crippen MR) is 103 cm³/mol. The average molecular weight is 408 g/mol. The highest BCUT2D eigenvalue weighted by Gasteiger charge is 2.28. The molecule has 1 aliphatic rings. The predicted octanol–water partition coefficient (Wildman–Crippen LogP) is 4.43. The van der Waals surface area contributed by atoms with Crippen LogP contribution < -0.4 is 4.90 Å². The summed E-state index contributed by atoms with van der Waals surface area (Å²) in [4.78, 5) is 22.5. The summed E-state index contributed by atoms with van der Waals surface area (Å²) < 4.78 is 0.997. The zero-order valence-corrected chi connectivity index (χ0v) is 16.2. The third-order valence-corrected chi connectivity index (χ3v) is 5.73. The summed E-state index contributed by atoms with van der Waals surface area (Å²) in [7, 11) is 0. The average Bonchev–Trinajstić information content (AvgIpc) is 3.15. The first-order valence-electron chi connectivity index (χ1n) is 8.40. The second-order valence-electron chi connectivity index (χ2n) is 6.03. The first kappa shape index (κ1) is 17.4. The van der Waals surface area contributed by atoms with Crippen molar-refractivity contribution in [3.63, 3.8) is 0 Å². The van der Waals surface area contributed by atoms with Crippen LogP contribution in [0.1, 0.15) is 35.9 Å². The van der Waals surface area contributed by atoms with Crippen LogP contribution in [0.3, 0.4) is 0 Å². The quantitative estimate of drug-likeness (QED) is 0.735. The number of carbonyl (C=O) groups is 1. The molecule has 0 saturated carbocycles. The maximum atomic E-state index is 12.8. The Morgan fingerprint density at radius 1 is 1.38 bits per heavy atom. The number of amides is 1. The van der Waals surface area contributed by atoms with Crippen LogP contribution in [-0.4, -0.2) is 41.5 Å². The fraction of sp³-hybridized carbons (Fsp3) is 0.444. The summed E-state index contributed by atoms with van der Waals surface area (Å²) >= 11 is 4.96. The number of rotatable bonds is 5. The van der Waals surface area contributed by atoms with Gasteiger partial charge in [0.15, 0.2) is 0 Å². The third-order valence-electron chi connectivity index (χ3n) is 4.40. The molecule has 2 aromatic heterocycles. The molecule has 0 aliphatic carbocycles. The molecule has 3 rings (SSSR count). The SMILES string of the molecule is CCCN(C(=O)c1cccs1)C1CCN(c2ccc(Br)cn2)CC1. The van der Waals surface area contributed by atoms with Gasteiger partial charge in [0.1, 0.15) is 5.82 Å². The van der Waals surface area contributed by atoms with Crippen molar-refractivity contribution < 1.29 is 4.79 Å². The minimum absolute atomic E-state index is 0.187. The van der Waals surface area contributed by atoms with Crippen molar-refractivity contribution in [3.05, 3.63) is 45.2 Å². The van der Waals surface area contributed by atoms with Gasteiger partial charge in [0, 0.05) is 36.3 Å². The van der Waals surface area contributed by atoms with E-state index in [0.29, 0.717) is 6.04 Å². The Bertz CT molecular complexity index is 651. The standard InChI is InChI=1S/C18H22BrN3OS/c1-2-9-22(18(23)16-4-3-12-24-16)15-7-10-21(11-8-15)17-6-5-14(19)13-20-17/h3-6,12-13,15H,2,7-11H2,1H3. The lowest BCUT2D eigenvalue weighted by molar-refractivity contribution is 0.0655. The smallest absolute Gasteiger partial charge is 0.264 e. The molecule has 0 aromatic carbocycles. The van der Waals surface area contributed by atoms with E-state index in [9.17, 15) is 4.79 Å². The minimum atomic E-state index is 0.187. The Morgan fingerprint density at radius 2 is 2.17 bits per heavy atom. The van der Waals surface area contributed by atoms with Gasteiger partial charge in [0.05, 0.1) is 4.88 Å². The highest BCUT2D eigenvalue weighted by molar-refractivity contribution is 9.10. The number of thiophene rings is 1. The summed E-state index contributed by atoms with van der Waals surface area (Å²) in [5, 5.41) is 1.97. The lowest BCUT2D eigenvalue weighted by atomic mass is 10.0. The number of pyridine rings is 1. The normalized spacial score (nSPS) is 15.5. The third kappa shape index (κ3) is 3.98. The van der Waals surface area contributed by atoms with Crippen molar-refractivity contribution in [2.45, 2.75) is 32.2 Å².